The first-order valence-electron chi connectivity index (χ1n) is 15.4. The van der Waals surface area contributed by atoms with Crippen LogP contribution < -0.4 is 10.6 Å². The number of hydrogen-bond donors (Lipinski definition) is 2. The van der Waals surface area contributed by atoms with Crippen molar-refractivity contribution in [2.45, 2.75) is 91.3 Å². The normalized spacial score (nSPS) is 12.6. The van der Waals surface area contributed by atoms with Gasteiger partial charge in [0.15, 0.2) is 0 Å². The molecule has 0 aliphatic heterocycles. The third-order valence-corrected chi connectivity index (χ3v) is 7.61. The molecule has 44 heavy (non-hydrogen) atoms. The van der Waals surface area contributed by atoms with Gasteiger partial charge in [-0.15, -0.1) is 0 Å². The van der Waals surface area contributed by atoms with E-state index in [9.17, 15) is 14.4 Å². The van der Waals surface area contributed by atoms with Crippen LogP contribution in [0.25, 0.3) is 0 Å². The summed E-state index contributed by atoms with van der Waals surface area (Å²) in [5.41, 5.74) is 3.22. The monoisotopic (exact) mass is 619 g/mol. The summed E-state index contributed by atoms with van der Waals surface area (Å²) in [6.07, 6.45) is 2.88. The van der Waals surface area contributed by atoms with Crippen molar-refractivity contribution in [2.75, 3.05) is 11.9 Å². The molecule has 0 aromatic heterocycles. The predicted molar refractivity (Wildman–Crippen MR) is 178 cm³/mol. The summed E-state index contributed by atoms with van der Waals surface area (Å²) >= 11 is 6.50. The van der Waals surface area contributed by atoms with Crippen LogP contribution in [-0.4, -0.2) is 41.0 Å². The SMILES string of the molecule is CCCCCN(C(=O)C(Cc1ccccc1)NC(=O)OC(C)(C)C)C(C(=O)Nc1c(C)cccc1Cl)c1ccc(CC)cc1. The standard InChI is InChI=1S/C36H46ClN3O4/c1-7-9-13-23-40(34(42)30(24-27-16-11-10-12-17-27)38-35(43)44-36(4,5)6)32(28-21-19-26(8-2)20-22-28)33(41)39-31-25(3)15-14-18-29(31)37/h10-12,14-22,30,32H,7-9,13,23-24H2,1-6H3,(H,38,43)(H,39,41). The van der Waals surface area contributed by atoms with Crippen molar-refractivity contribution in [3.63, 3.8) is 0 Å². The molecule has 0 aliphatic carbocycles. The Morgan fingerprint density at radius 2 is 1.57 bits per heavy atom. The van der Waals surface area contributed by atoms with Crippen molar-refractivity contribution in [2.24, 2.45) is 0 Å². The number of benzene rings is 3. The van der Waals surface area contributed by atoms with Gasteiger partial charge < -0.3 is 20.3 Å². The van der Waals surface area contributed by atoms with Crippen molar-refractivity contribution in [3.05, 3.63) is 100 Å². The Morgan fingerprint density at radius 1 is 0.886 bits per heavy atom. The molecule has 3 aromatic rings. The Morgan fingerprint density at radius 3 is 2.16 bits per heavy atom. The van der Waals surface area contributed by atoms with Gasteiger partial charge in [0.25, 0.3) is 5.91 Å². The summed E-state index contributed by atoms with van der Waals surface area (Å²) in [6, 6.07) is 20.7. The fraction of sp³-hybridized carbons (Fsp3) is 0.417. The lowest BCUT2D eigenvalue weighted by Crippen LogP contribution is -2.53. The number of amides is 3. The predicted octanol–water partition coefficient (Wildman–Crippen LogP) is 8.05. The van der Waals surface area contributed by atoms with Crippen molar-refractivity contribution >= 4 is 35.2 Å². The molecule has 8 heteroatoms. The van der Waals surface area contributed by atoms with E-state index in [4.69, 9.17) is 16.3 Å². The zero-order valence-electron chi connectivity index (χ0n) is 26.8. The maximum Gasteiger partial charge on any atom is 0.408 e. The molecule has 2 unspecified atom stereocenters. The zero-order valence-corrected chi connectivity index (χ0v) is 27.5. The van der Waals surface area contributed by atoms with E-state index in [0.717, 1.165) is 36.0 Å². The van der Waals surface area contributed by atoms with Crippen LogP contribution in [0.4, 0.5) is 10.5 Å². The molecule has 0 bridgehead atoms. The highest BCUT2D eigenvalue weighted by molar-refractivity contribution is 6.34. The Kier molecular flexibility index (Phi) is 12.8. The summed E-state index contributed by atoms with van der Waals surface area (Å²) < 4.78 is 5.54. The molecule has 0 spiro atoms. The number of hydrogen-bond acceptors (Lipinski definition) is 4. The zero-order chi connectivity index (χ0) is 32.3. The van der Waals surface area contributed by atoms with Crippen molar-refractivity contribution in [1.29, 1.82) is 0 Å². The van der Waals surface area contributed by atoms with Crippen LogP contribution in [0, 0.1) is 6.92 Å². The Labute approximate surface area is 267 Å². The molecular formula is C36H46ClN3O4. The molecule has 0 heterocycles. The topological polar surface area (TPSA) is 87.7 Å². The molecule has 7 nitrogen and oxygen atoms in total. The van der Waals surface area contributed by atoms with Gasteiger partial charge in [0.1, 0.15) is 17.7 Å². The molecule has 0 radical (unpaired) electrons. The van der Waals surface area contributed by atoms with E-state index in [1.165, 1.54) is 0 Å². The molecule has 3 rings (SSSR count). The van der Waals surface area contributed by atoms with Gasteiger partial charge >= 0.3 is 6.09 Å². The first kappa shape index (κ1) is 34.6. The number of aryl methyl sites for hydroxylation is 2. The summed E-state index contributed by atoms with van der Waals surface area (Å²) in [6.45, 7) is 11.7. The average Bonchev–Trinajstić information content (AvgIpc) is 2.98. The lowest BCUT2D eigenvalue weighted by atomic mass is 9.98. The minimum Gasteiger partial charge on any atom is -0.444 e. The van der Waals surface area contributed by atoms with E-state index >= 15 is 0 Å². The number of para-hydroxylation sites is 1. The smallest absolute Gasteiger partial charge is 0.408 e. The van der Waals surface area contributed by atoms with Crippen molar-refractivity contribution in [3.8, 4) is 0 Å². The Bertz CT molecular complexity index is 1370. The molecular weight excluding hydrogens is 574 g/mol. The summed E-state index contributed by atoms with van der Waals surface area (Å²) in [7, 11) is 0. The number of nitrogens with one attached hydrogen (secondary N) is 2. The van der Waals surface area contributed by atoms with Gasteiger partial charge in [-0.05, 0) is 68.9 Å². The number of anilines is 1. The van der Waals surface area contributed by atoms with E-state index in [2.05, 4.69) is 24.5 Å². The second-order valence-corrected chi connectivity index (χ2v) is 12.5. The first-order chi connectivity index (χ1) is 20.9. The number of rotatable bonds is 13. The Hall–Kier alpha value is -3.84. The van der Waals surface area contributed by atoms with Gasteiger partial charge in [0, 0.05) is 13.0 Å². The lowest BCUT2D eigenvalue weighted by Gasteiger charge is -2.35. The maximum absolute atomic E-state index is 14.6. The average molecular weight is 620 g/mol. The van der Waals surface area contributed by atoms with Crippen LogP contribution in [-0.2, 0) is 27.2 Å². The van der Waals surface area contributed by atoms with Gasteiger partial charge in [-0.2, -0.15) is 0 Å². The maximum atomic E-state index is 14.6. The summed E-state index contributed by atoms with van der Waals surface area (Å²) in [5.74, 6) is -0.752. The van der Waals surface area contributed by atoms with Crippen LogP contribution in [0.15, 0.2) is 72.8 Å². The number of alkyl carbamates (subject to hydrolysis) is 1. The summed E-state index contributed by atoms with van der Waals surface area (Å²) in [4.78, 5) is 43.5. The van der Waals surface area contributed by atoms with Crippen LogP contribution in [0.5, 0.6) is 0 Å². The fourth-order valence-electron chi connectivity index (χ4n) is 4.99. The molecule has 3 amide bonds. The fourth-order valence-corrected chi connectivity index (χ4v) is 5.26. The second-order valence-electron chi connectivity index (χ2n) is 12.0. The van der Waals surface area contributed by atoms with E-state index in [1.54, 1.807) is 31.7 Å². The van der Waals surface area contributed by atoms with E-state index < -0.39 is 23.8 Å². The highest BCUT2D eigenvalue weighted by Gasteiger charge is 2.36. The van der Waals surface area contributed by atoms with Crippen molar-refractivity contribution < 1.29 is 19.1 Å². The Balaban J connectivity index is 2.10. The third-order valence-electron chi connectivity index (χ3n) is 7.29. The molecule has 236 valence electrons. The molecule has 0 aliphatic rings. The minimum absolute atomic E-state index is 0.232. The number of carbonyl (C=O) groups is 3. The minimum atomic E-state index is -0.973. The molecule has 2 atom stereocenters. The van der Waals surface area contributed by atoms with Gasteiger partial charge in [-0.25, -0.2) is 4.79 Å². The number of carbonyl (C=O) groups excluding carboxylic acids is 3. The molecule has 0 saturated heterocycles. The van der Waals surface area contributed by atoms with Gasteiger partial charge in [-0.1, -0.05) is 105 Å². The van der Waals surface area contributed by atoms with Crippen LogP contribution in [0.1, 0.15) is 82.2 Å². The number of halogens is 1. The van der Waals surface area contributed by atoms with Gasteiger partial charge in [-0.3, -0.25) is 9.59 Å². The second kappa shape index (κ2) is 16.3. The van der Waals surface area contributed by atoms with E-state index in [-0.39, 0.29) is 18.2 Å². The molecule has 0 saturated carbocycles. The largest absolute Gasteiger partial charge is 0.444 e. The van der Waals surface area contributed by atoms with Crippen LogP contribution in [0.2, 0.25) is 5.02 Å². The molecule has 2 N–H and O–H groups in total. The lowest BCUT2D eigenvalue weighted by molar-refractivity contribution is -0.140. The van der Waals surface area contributed by atoms with Crippen LogP contribution >= 0.6 is 11.6 Å². The van der Waals surface area contributed by atoms with Gasteiger partial charge in [0.05, 0.1) is 10.7 Å². The first-order valence-corrected chi connectivity index (χ1v) is 15.8. The third kappa shape index (κ3) is 10.1. The summed E-state index contributed by atoms with van der Waals surface area (Å²) in [5, 5.41) is 6.25. The van der Waals surface area contributed by atoms with E-state index in [1.807, 2.05) is 73.7 Å². The van der Waals surface area contributed by atoms with Crippen LogP contribution in [0.3, 0.4) is 0 Å². The highest BCUT2D eigenvalue weighted by Crippen LogP contribution is 2.30. The van der Waals surface area contributed by atoms with E-state index in [0.29, 0.717) is 29.2 Å². The highest BCUT2D eigenvalue weighted by atomic mass is 35.5. The number of unbranched alkanes of at least 4 members (excludes halogenated alkanes) is 2. The van der Waals surface area contributed by atoms with Gasteiger partial charge in [0.2, 0.25) is 5.91 Å². The molecule has 0 fully saturated rings. The van der Waals surface area contributed by atoms with Crippen molar-refractivity contribution in [1.82, 2.24) is 10.2 Å². The molecule has 3 aromatic carbocycles. The number of ether oxygens (including phenoxy) is 1. The quantitative estimate of drug-likeness (QED) is 0.190. The number of nitrogens with zero attached hydrogens (tertiary/aromatic N) is 1.